The van der Waals surface area contributed by atoms with Crippen LogP contribution in [0.4, 0.5) is 11.4 Å². The first-order chi connectivity index (χ1) is 13.6. The van der Waals surface area contributed by atoms with Gasteiger partial charge in [-0.05, 0) is 36.6 Å². The average Bonchev–Trinajstić information content (AvgIpc) is 3.25. The number of carbonyl (C=O) groups excluding carboxylic acids is 1. The fourth-order valence-corrected chi connectivity index (χ4v) is 3.36. The molecule has 0 aliphatic carbocycles. The van der Waals surface area contributed by atoms with Gasteiger partial charge in [-0.3, -0.25) is 19.9 Å². The van der Waals surface area contributed by atoms with Crippen molar-refractivity contribution < 1.29 is 9.72 Å². The molecule has 8 nitrogen and oxygen atoms in total. The third-order valence-electron chi connectivity index (χ3n) is 4.74. The van der Waals surface area contributed by atoms with Gasteiger partial charge in [0.15, 0.2) is 0 Å². The number of pyridine rings is 1. The van der Waals surface area contributed by atoms with E-state index in [-0.39, 0.29) is 36.7 Å². The molecule has 2 heterocycles. The molecule has 1 aromatic carbocycles. The lowest BCUT2D eigenvalue weighted by atomic mass is 10.1. The van der Waals surface area contributed by atoms with Gasteiger partial charge < -0.3 is 9.80 Å². The first-order valence-electron chi connectivity index (χ1n) is 9.18. The van der Waals surface area contributed by atoms with Crippen molar-refractivity contribution in [2.45, 2.75) is 25.8 Å². The third kappa shape index (κ3) is 4.43. The highest BCUT2D eigenvalue weighted by Gasteiger charge is 2.25. The Morgan fingerprint density at radius 1 is 1.32 bits per heavy atom. The SMILES string of the molecule is N#CCCN(Cc1cccnc1)C(=O)c1ccc(N2CCCC2)c([N+](=O)[O-])c1. The predicted molar refractivity (Wildman–Crippen MR) is 104 cm³/mol. The summed E-state index contributed by atoms with van der Waals surface area (Å²) >= 11 is 0. The van der Waals surface area contributed by atoms with Crippen molar-refractivity contribution in [1.29, 1.82) is 5.26 Å². The maximum absolute atomic E-state index is 13.0. The Hall–Kier alpha value is -3.47. The Morgan fingerprint density at radius 3 is 2.75 bits per heavy atom. The molecule has 0 N–H and O–H groups in total. The second-order valence-corrected chi connectivity index (χ2v) is 6.65. The van der Waals surface area contributed by atoms with Gasteiger partial charge in [0.25, 0.3) is 11.6 Å². The number of rotatable bonds is 7. The number of nitro groups is 1. The van der Waals surface area contributed by atoms with Crippen LogP contribution in [0.15, 0.2) is 42.7 Å². The van der Waals surface area contributed by atoms with Gasteiger partial charge in [-0.2, -0.15) is 5.26 Å². The van der Waals surface area contributed by atoms with E-state index in [2.05, 4.69) is 4.98 Å². The van der Waals surface area contributed by atoms with Crippen molar-refractivity contribution in [3.05, 3.63) is 64.0 Å². The molecular weight excluding hydrogens is 358 g/mol. The first kappa shape index (κ1) is 19.3. The van der Waals surface area contributed by atoms with Crippen LogP contribution in [0.2, 0.25) is 0 Å². The van der Waals surface area contributed by atoms with Crippen LogP contribution in [0.25, 0.3) is 0 Å². The van der Waals surface area contributed by atoms with Crippen molar-refractivity contribution in [3.8, 4) is 6.07 Å². The summed E-state index contributed by atoms with van der Waals surface area (Å²) in [5.74, 6) is -0.338. The van der Waals surface area contributed by atoms with Crippen LogP contribution in [-0.4, -0.2) is 40.3 Å². The number of nitriles is 1. The van der Waals surface area contributed by atoms with E-state index < -0.39 is 4.92 Å². The summed E-state index contributed by atoms with van der Waals surface area (Å²) in [6.07, 6.45) is 5.49. The topological polar surface area (TPSA) is 103 Å². The summed E-state index contributed by atoms with van der Waals surface area (Å²) in [5.41, 5.74) is 1.57. The van der Waals surface area contributed by atoms with Crippen molar-refractivity contribution >= 4 is 17.3 Å². The van der Waals surface area contributed by atoms with Crippen molar-refractivity contribution in [2.24, 2.45) is 0 Å². The number of benzene rings is 1. The summed E-state index contributed by atoms with van der Waals surface area (Å²) < 4.78 is 0. The number of hydrogen-bond donors (Lipinski definition) is 0. The van der Waals surface area contributed by atoms with Crippen LogP contribution in [0.3, 0.4) is 0 Å². The molecule has 3 rings (SSSR count). The number of carbonyl (C=O) groups is 1. The Morgan fingerprint density at radius 2 is 2.11 bits per heavy atom. The van der Waals surface area contributed by atoms with Gasteiger partial charge in [0, 0.05) is 50.2 Å². The van der Waals surface area contributed by atoms with E-state index in [1.54, 1.807) is 30.6 Å². The van der Waals surface area contributed by atoms with Crippen LogP contribution in [0.1, 0.15) is 35.2 Å². The maximum Gasteiger partial charge on any atom is 0.293 e. The molecule has 28 heavy (non-hydrogen) atoms. The molecule has 0 radical (unpaired) electrons. The fourth-order valence-electron chi connectivity index (χ4n) is 3.36. The van der Waals surface area contributed by atoms with Gasteiger partial charge in [0.05, 0.1) is 17.4 Å². The monoisotopic (exact) mass is 379 g/mol. The molecule has 0 saturated carbocycles. The van der Waals surface area contributed by atoms with E-state index in [9.17, 15) is 14.9 Å². The normalized spacial score (nSPS) is 13.2. The van der Waals surface area contributed by atoms with E-state index in [0.717, 1.165) is 31.5 Å². The van der Waals surface area contributed by atoms with Gasteiger partial charge in [0.1, 0.15) is 5.69 Å². The largest absolute Gasteiger partial charge is 0.366 e. The lowest BCUT2D eigenvalue weighted by molar-refractivity contribution is -0.384. The molecule has 1 aliphatic rings. The van der Waals surface area contributed by atoms with Gasteiger partial charge in [-0.25, -0.2) is 0 Å². The van der Waals surface area contributed by atoms with Gasteiger partial charge >= 0.3 is 0 Å². The Kier molecular flexibility index (Phi) is 6.17. The molecule has 0 atom stereocenters. The highest BCUT2D eigenvalue weighted by Crippen LogP contribution is 2.32. The zero-order valence-electron chi connectivity index (χ0n) is 15.5. The highest BCUT2D eigenvalue weighted by molar-refractivity contribution is 5.95. The Labute approximate surface area is 163 Å². The minimum Gasteiger partial charge on any atom is -0.366 e. The zero-order chi connectivity index (χ0) is 19.9. The number of aromatic nitrogens is 1. The highest BCUT2D eigenvalue weighted by atomic mass is 16.6. The molecule has 0 spiro atoms. The zero-order valence-corrected chi connectivity index (χ0v) is 15.5. The summed E-state index contributed by atoms with van der Waals surface area (Å²) in [5, 5.41) is 20.5. The molecule has 2 aromatic rings. The maximum atomic E-state index is 13.0. The first-order valence-corrected chi connectivity index (χ1v) is 9.18. The molecule has 1 saturated heterocycles. The number of nitrogens with zero attached hydrogens (tertiary/aromatic N) is 5. The van der Waals surface area contributed by atoms with E-state index in [0.29, 0.717) is 5.69 Å². The Bertz CT molecular complexity index is 888. The van der Waals surface area contributed by atoms with Crippen molar-refractivity contribution in [1.82, 2.24) is 9.88 Å². The third-order valence-corrected chi connectivity index (χ3v) is 4.74. The van der Waals surface area contributed by atoms with E-state index in [4.69, 9.17) is 5.26 Å². The van der Waals surface area contributed by atoms with Crippen LogP contribution in [0, 0.1) is 21.4 Å². The Balaban J connectivity index is 1.88. The van der Waals surface area contributed by atoms with Crippen LogP contribution in [-0.2, 0) is 6.54 Å². The molecule has 8 heteroatoms. The molecule has 1 amide bonds. The van der Waals surface area contributed by atoms with E-state index >= 15 is 0 Å². The second-order valence-electron chi connectivity index (χ2n) is 6.65. The summed E-state index contributed by atoms with van der Waals surface area (Å²) in [6.45, 7) is 2.09. The number of anilines is 1. The lowest BCUT2D eigenvalue weighted by Gasteiger charge is -2.22. The summed E-state index contributed by atoms with van der Waals surface area (Å²) in [6, 6.07) is 10.3. The second kappa shape index (κ2) is 8.95. The minimum atomic E-state index is -0.439. The van der Waals surface area contributed by atoms with Gasteiger partial charge in [-0.1, -0.05) is 6.07 Å². The minimum absolute atomic E-state index is 0.0608. The summed E-state index contributed by atoms with van der Waals surface area (Å²) in [4.78, 5) is 31.7. The lowest BCUT2D eigenvalue weighted by Crippen LogP contribution is -2.31. The molecular formula is C20H21N5O3. The quantitative estimate of drug-likeness (QED) is 0.541. The van der Waals surface area contributed by atoms with Crippen LogP contribution < -0.4 is 4.90 Å². The molecule has 144 valence electrons. The standard InChI is InChI=1S/C20H21N5O3/c21-8-4-12-24(15-16-5-3-9-22-14-16)20(26)17-6-7-18(19(13-17)25(27)28)23-10-1-2-11-23/h3,5-7,9,13-14H,1-2,4,10-12,15H2. The van der Waals surface area contributed by atoms with Crippen molar-refractivity contribution in [3.63, 3.8) is 0 Å². The van der Waals surface area contributed by atoms with Gasteiger partial charge in [0.2, 0.25) is 0 Å². The number of hydrogen-bond acceptors (Lipinski definition) is 6. The van der Waals surface area contributed by atoms with E-state index in [1.165, 1.54) is 11.0 Å². The van der Waals surface area contributed by atoms with Crippen molar-refractivity contribution in [2.75, 3.05) is 24.5 Å². The molecule has 1 aromatic heterocycles. The smallest absolute Gasteiger partial charge is 0.293 e. The van der Waals surface area contributed by atoms with E-state index in [1.807, 2.05) is 17.0 Å². The predicted octanol–water partition coefficient (Wildman–Crippen LogP) is 3.15. The van der Waals surface area contributed by atoms with Crippen LogP contribution in [0.5, 0.6) is 0 Å². The molecule has 1 aliphatic heterocycles. The molecule has 0 unspecified atom stereocenters. The fraction of sp³-hybridized carbons (Fsp3) is 0.350. The van der Waals surface area contributed by atoms with Crippen LogP contribution >= 0.6 is 0 Å². The number of amides is 1. The summed E-state index contributed by atoms with van der Waals surface area (Å²) in [7, 11) is 0. The number of nitro benzene ring substituents is 1. The molecule has 0 bridgehead atoms. The molecule has 1 fully saturated rings. The van der Waals surface area contributed by atoms with Gasteiger partial charge in [-0.15, -0.1) is 0 Å². The average molecular weight is 379 g/mol.